The molecule has 0 N–H and O–H groups in total. The monoisotopic (exact) mass is 292 g/mol. The highest BCUT2D eigenvalue weighted by atomic mass is 14.1. The maximum Gasteiger partial charge on any atom is -0.00913 e. The van der Waals surface area contributed by atoms with E-state index in [0.29, 0.717) is 0 Å². The molecule has 0 amide bonds. The fourth-order valence-electron chi connectivity index (χ4n) is 2.92. The molecular formula is C22H28. The molecule has 0 nitrogen and oxygen atoms in total. The Bertz CT molecular complexity index is 630. The molecule has 0 radical (unpaired) electrons. The first kappa shape index (κ1) is 16.5. The third-order valence-electron chi connectivity index (χ3n) is 4.28. The summed E-state index contributed by atoms with van der Waals surface area (Å²) < 4.78 is 0. The van der Waals surface area contributed by atoms with Gasteiger partial charge in [-0.3, -0.25) is 0 Å². The molecule has 0 fully saturated rings. The van der Waals surface area contributed by atoms with Gasteiger partial charge in [-0.25, -0.2) is 0 Å². The van der Waals surface area contributed by atoms with Crippen LogP contribution in [0.1, 0.15) is 53.6 Å². The van der Waals surface area contributed by atoms with Crippen molar-refractivity contribution in [1.82, 2.24) is 0 Å². The molecule has 0 aliphatic rings. The lowest BCUT2D eigenvalue weighted by atomic mass is 9.93. The van der Waals surface area contributed by atoms with Gasteiger partial charge in [0.2, 0.25) is 0 Å². The van der Waals surface area contributed by atoms with Crippen LogP contribution in [0, 0.1) is 13.8 Å². The van der Waals surface area contributed by atoms with Crippen molar-refractivity contribution >= 4 is 6.08 Å². The summed E-state index contributed by atoms with van der Waals surface area (Å²) in [5.74, 6) is 0. The van der Waals surface area contributed by atoms with Gasteiger partial charge in [-0.15, -0.1) is 0 Å². The average molecular weight is 292 g/mol. The number of hydrogen-bond acceptors (Lipinski definition) is 0. The van der Waals surface area contributed by atoms with Crippen molar-refractivity contribution in [3.8, 4) is 0 Å². The second-order valence-electron chi connectivity index (χ2n) is 6.17. The summed E-state index contributed by atoms with van der Waals surface area (Å²) in [6.07, 6.45) is 9.07. The first-order chi connectivity index (χ1) is 10.6. The largest absolute Gasteiger partial charge is 0.0795 e. The van der Waals surface area contributed by atoms with Gasteiger partial charge in [-0.2, -0.15) is 0 Å². The summed E-state index contributed by atoms with van der Waals surface area (Å²) in [5.41, 5.74) is 8.53. The molecule has 2 aromatic carbocycles. The van der Waals surface area contributed by atoms with Crippen LogP contribution in [0.4, 0.5) is 0 Å². The second kappa shape index (κ2) is 7.98. The van der Waals surface area contributed by atoms with Crippen LogP contribution in [0.2, 0.25) is 0 Å². The summed E-state index contributed by atoms with van der Waals surface area (Å²) in [6.45, 7) is 8.89. The minimum atomic E-state index is 1.02. The van der Waals surface area contributed by atoms with Crippen LogP contribution in [0.25, 0.3) is 6.08 Å². The normalized spacial score (nSPS) is 11.3. The fraction of sp³-hybridized carbons (Fsp3) is 0.364. The van der Waals surface area contributed by atoms with Crippen LogP contribution >= 0.6 is 0 Å². The molecule has 0 spiro atoms. The van der Waals surface area contributed by atoms with E-state index in [1.165, 1.54) is 46.2 Å². The average Bonchev–Trinajstić information content (AvgIpc) is 2.52. The van der Waals surface area contributed by atoms with Crippen LogP contribution in [0.15, 0.2) is 42.5 Å². The van der Waals surface area contributed by atoms with Gasteiger partial charge in [0.25, 0.3) is 0 Å². The van der Waals surface area contributed by atoms with Crippen molar-refractivity contribution in [2.24, 2.45) is 0 Å². The molecule has 2 rings (SSSR count). The molecule has 22 heavy (non-hydrogen) atoms. The molecule has 0 aliphatic carbocycles. The first-order valence-electron chi connectivity index (χ1n) is 8.48. The van der Waals surface area contributed by atoms with E-state index in [9.17, 15) is 0 Å². The SMILES string of the molecule is CCCc1cc(CC)c(CC=Cc2ccc(C)cc2)cc1C. The molecule has 0 aliphatic heterocycles. The molecule has 0 atom stereocenters. The predicted molar refractivity (Wildman–Crippen MR) is 98.5 cm³/mol. The highest BCUT2D eigenvalue weighted by molar-refractivity contribution is 5.51. The molecule has 0 heterocycles. The van der Waals surface area contributed by atoms with E-state index in [4.69, 9.17) is 0 Å². The maximum atomic E-state index is 2.42. The Balaban J connectivity index is 2.14. The zero-order valence-electron chi connectivity index (χ0n) is 14.4. The van der Waals surface area contributed by atoms with Gasteiger partial charge in [0.1, 0.15) is 0 Å². The molecule has 0 unspecified atom stereocenters. The van der Waals surface area contributed by atoms with Crippen molar-refractivity contribution in [3.63, 3.8) is 0 Å². The summed E-state index contributed by atoms with van der Waals surface area (Å²) in [5, 5.41) is 0. The Hall–Kier alpha value is -1.82. The maximum absolute atomic E-state index is 2.42. The van der Waals surface area contributed by atoms with Crippen LogP contribution < -0.4 is 0 Å². The van der Waals surface area contributed by atoms with E-state index in [0.717, 1.165) is 12.8 Å². The van der Waals surface area contributed by atoms with Crippen molar-refractivity contribution < 1.29 is 0 Å². The minimum absolute atomic E-state index is 1.02. The number of benzene rings is 2. The third kappa shape index (κ3) is 4.34. The Morgan fingerprint density at radius 1 is 0.864 bits per heavy atom. The van der Waals surface area contributed by atoms with Crippen molar-refractivity contribution in [1.29, 1.82) is 0 Å². The van der Waals surface area contributed by atoms with Crippen LogP contribution in [-0.2, 0) is 19.3 Å². The summed E-state index contributed by atoms with van der Waals surface area (Å²) >= 11 is 0. The third-order valence-corrected chi connectivity index (χ3v) is 4.28. The summed E-state index contributed by atoms with van der Waals surface area (Å²) in [6, 6.07) is 13.5. The van der Waals surface area contributed by atoms with E-state index in [-0.39, 0.29) is 0 Å². The Kier molecular flexibility index (Phi) is 6.00. The van der Waals surface area contributed by atoms with E-state index in [1.807, 2.05) is 0 Å². The molecular weight excluding hydrogens is 264 g/mol. The first-order valence-corrected chi connectivity index (χ1v) is 8.48. The van der Waals surface area contributed by atoms with Crippen LogP contribution in [-0.4, -0.2) is 0 Å². The van der Waals surface area contributed by atoms with Crippen LogP contribution in [0.5, 0.6) is 0 Å². The molecule has 116 valence electrons. The fourth-order valence-corrected chi connectivity index (χ4v) is 2.92. The lowest BCUT2D eigenvalue weighted by molar-refractivity contribution is 0.903. The lowest BCUT2D eigenvalue weighted by Gasteiger charge is -2.12. The number of rotatable bonds is 6. The standard InChI is InChI=1S/C22H28/c1-5-8-21-16-20(6-2)22(15-18(21)4)10-7-9-19-13-11-17(3)12-14-19/h7,9,11-16H,5-6,8,10H2,1-4H3. The molecule has 0 heteroatoms. The van der Waals surface area contributed by atoms with Gasteiger partial charge in [-0.1, -0.05) is 74.4 Å². The molecule has 0 bridgehead atoms. The van der Waals surface area contributed by atoms with Gasteiger partial charge >= 0.3 is 0 Å². The van der Waals surface area contributed by atoms with Gasteiger partial charge < -0.3 is 0 Å². The van der Waals surface area contributed by atoms with E-state index < -0.39 is 0 Å². The quantitative estimate of drug-likeness (QED) is 0.605. The second-order valence-corrected chi connectivity index (χ2v) is 6.17. The Morgan fingerprint density at radius 2 is 1.59 bits per heavy atom. The number of hydrogen-bond donors (Lipinski definition) is 0. The predicted octanol–water partition coefficient (Wildman–Crippen LogP) is 6.07. The zero-order chi connectivity index (χ0) is 15.9. The summed E-state index contributed by atoms with van der Waals surface area (Å²) in [7, 11) is 0. The van der Waals surface area contributed by atoms with Crippen molar-refractivity contribution in [2.45, 2.75) is 53.4 Å². The highest BCUT2D eigenvalue weighted by Gasteiger charge is 2.05. The topological polar surface area (TPSA) is 0 Å². The van der Waals surface area contributed by atoms with Crippen molar-refractivity contribution in [3.05, 3.63) is 75.9 Å². The van der Waals surface area contributed by atoms with E-state index in [2.05, 4.69) is 76.2 Å². The highest BCUT2D eigenvalue weighted by Crippen LogP contribution is 2.20. The van der Waals surface area contributed by atoms with E-state index >= 15 is 0 Å². The Labute approximate surface area is 135 Å². The summed E-state index contributed by atoms with van der Waals surface area (Å²) in [4.78, 5) is 0. The van der Waals surface area contributed by atoms with Gasteiger partial charge in [0.15, 0.2) is 0 Å². The minimum Gasteiger partial charge on any atom is -0.0795 e. The molecule has 2 aromatic rings. The number of aryl methyl sites for hydroxylation is 4. The molecule has 0 aromatic heterocycles. The van der Waals surface area contributed by atoms with Crippen molar-refractivity contribution in [2.75, 3.05) is 0 Å². The molecule has 0 saturated carbocycles. The van der Waals surface area contributed by atoms with Gasteiger partial charge in [0, 0.05) is 0 Å². The van der Waals surface area contributed by atoms with Gasteiger partial charge in [-0.05, 0) is 60.9 Å². The van der Waals surface area contributed by atoms with Crippen LogP contribution in [0.3, 0.4) is 0 Å². The zero-order valence-corrected chi connectivity index (χ0v) is 14.4. The number of allylic oxidation sites excluding steroid dienone is 1. The van der Waals surface area contributed by atoms with E-state index in [1.54, 1.807) is 0 Å². The molecule has 0 saturated heterocycles. The Morgan fingerprint density at radius 3 is 2.23 bits per heavy atom. The smallest absolute Gasteiger partial charge is 0.00913 e. The van der Waals surface area contributed by atoms with Gasteiger partial charge in [0.05, 0.1) is 0 Å². The lowest BCUT2D eigenvalue weighted by Crippen LogP contribution is -1.98.